The van der Waals surface area contributed by atoms with Gasteiger partial charge in [0.1, 0.15) is 0 Å². The van der Waals surface area contributed by atoms with Gasteiger partial charge in [-0.15, -0.1) is 0 Å². The van der Waals surface area contributed by atoms with E-state index in [1.165, 1.54) is 14.2 Å². The van der Waals surface area contributed by atoms with Gasteiger partial charge in [0.05, 0.1) is 7.11 Å². The van der Waals surface area contributed by atoms with E-state index in [4.69, 9.17) is 0 Å². The number of esters is 1. The third kappa shape index (κ3) is 3.78. The van der Waals surface area contributed by atoms with Crippen molar-refractivity contribution in [2.75, 3.05) is 14.2 Å². The predicted octanol–water partition coefficient (Wildman–Crippen LogP) is 1.88. The van der Waals surface area contributed by atoms with Crippen molar-refractivity contribution in [2.24, 2.45) is 0 Å². The van der Waals surface area contributed by atoms with Gasteiger partial charge in [0, 0.05) is 22.6 Å². The monoisotopic (exact) mass is 389 g/mol. The summed E-state index contributed by atoms with van der Waals surface area (Å²) in [5.41, 5.74) is 0.422. The number of likely N-dealkylation sites (N-methyl/N-ethyl adjacent to an activating group) is 1. The molecule has 1 amide bonds. The fraction of sp³-hybridized carbons (Fsp3) is 0.357. The first-order valence-corrected chi connectivity index (χ1v) is 7.13. The number of hydrogen-bond acceptors (Lipinski definition) is 4. The molecule has 0 aliphatic heterocycles. The van der Waals surface area contributed by atoms with Crippen LogP contribution in [0.4, 0.5) is 0 Å². The van der Waals surface area contributed by atoms with Crippen molar-refractivity contribution in [3.63, 3.8) is 0 Å². The Morgan fingerprint density at radius 1 is 1.25 bits per heavy atom. The van der Waals surface area contributed by atoms with Gasteiger partial charge in [-0.1, -0.05) is 6.92 Å². The van der Waals surface area contributed by atoms with Gasteiger partial charge in [0.25, 0.3) is 5.91 Å². The number of nitrogens with zero attached hydrogens (tertiary/aromatic N) is 1. The highest BCUT2D eigenvalue weighted by atomic mass is 127. The van der Waals surface area contributed by atoms with E-state index in [9.17, 15) is 14.4 Å². The number of carbonyl (C=O) groups is 3. The van der Waals surface area contributed by atoms with Crippen LogP contribution in [0.2, 0.25) is 0 Å². The zero-order chi connectivity index (χ0) is 15.3. The molecular weight excluding hydrogens is 373 g/mol. The molecule has 1 aromatic rings. The molecule has 0 aliphatic carbocycles. The van der Waals surface area contributed by atoms with Crippen molar-refractivity contribution in [1.82, 2.24) is 4.90 Å². The summed E-state index contributed by atoms with van der Waals surface area (Å²) in [4.78, 5) is 37.0. The highest BCUT2D eigenvalue weighted by Gasteiger charge is 2.33. The van der Waals surface area contributed by atoms with Gasteiger partial charge < -0.3 is 9.64 Å². The van der Waals surface area contributed by atoms with E-state index in [1.54, 1.807) is 31.2 Å². The van der Waals surface area contributed by atoms with Gasteiger partial charge in [0.15, 0.2) is 11.8 Å². The van der Waals surface area contributed by atoms with E-state index in [0.717, 1.165) is 8.47 Å². The quantitative estimate of drug-likeness (QED) is 0.438. The van der Waals surface area contributed by atoms with Gasteiger partial charge in [-0.05, 0) is 46.9 Å². The Bertz CT molecular complexity index is 496. The van der Waals surface area contributed by atoms with Gasteiger partial charge >= 0.3 is 5.97 Å². The first-order valence-electron chi connectivity index (χ1n) is 6.05. The van der Waals surface area contributed by atoms with E-state index in [2.05, 4.69) is 27.3 Å². The van der Waals surface area contributed by atoms with Crippen molar-refractivity contribution >= 4 is 40.3 Å². The second-order valence-electron chi connectivity index (χ2n) is 4.17. The molecule has 0 saturated carbocycles. The Balaban J connectivity index is 3.02. The van der Waals surface area contributed by atoms with Gasteiger partial charge in [0.2, 0.25) is 0 Å². The van der Waals surface area contributed by atoms with Crippen LogP contribution in [0.1, 0.15) is 23.7 Å². The standard InChI is InChI=1S/C14H16INO4/c1-4-11(17)12(14(19)20-3)16(2)13(18)9-5-7-10(15)8-6-9/h5-8,12H,4H2,1-3H3. The van der Waals surface area contributed by atoms with Crippen LogP contribution in [0.25, 0.3) is 0 Å². The lowest BCUT2D eigenvalue weighted by molar-refractivity contribution is -0.149. The lowest BCUT2D eigenvalue weighted by Crippen LogP contribution is -2.48. The van der Waals surface area contributed by atoms with Crippen LogP contribution in [0.5, 0.6) is 0 Å². The van der Waals surface area contributed by atoms with Crippen LogP contribution >= 0.6 is 22.6 Å². The number of halogens is 1. The molecule has 1 unspecified atom stereocenters. The van der Waals surface area contributed by atoms with Crippen LogP contribution in [-0.4, -0.2) is 42.8 Å². The molecule has 1 aromatic carbocycles. The second kappa shape index (κ2) is 7.37. The Morgan fingerprint density at radius 2 is 1.80 bits per heavy atom. The summed E-state index contributed by atoms with van der Waals surface area (Å²) in [6.07, 6.45) is 0.157. The number of benzene rings is 1. The molecule has 0 heterocycles. The lowest BCUT2D eigenvalue weighted by Gasteiger charge is -2.24. The molecule has 0 saturated heterocycles. The first-order chi connectivity index (χ1) is 9.42. The molecule has 108 valence electrons. The van der Waals surface area contributed by atoms with Crippen molar-refractivity contribution in [3.8, 4) is 0 Å². The third-order valence-electron chi connectivity index (χ3n) is 2.88. The number of ketones is 1. The Hall–Kier alpha value is -1.44. The minimum Gasteiger partial charge on any atom is -0.467 e. The summed E-state index contributed by atoms with van der Waals surface area (Å²) < 4.78 is 5.60. The summed E-state index contributed by atoms with van der Waals surface area (Å²) in [7, 11) is 2.62. The SMILES string of the molecule is CCC(=O)C(C(=O)OC)N(C)C(=O)c1ccc(I)cc1. The van der Waals surface area contributed by atoms with Crippen molar-refractivity contribution in [2.45, 2.75) is 19.4 Å². The van der Waals surface area contributed by atoms with Crippen LogP contribution in [0.3, 0.4) is 0 Å². The highest BCUT2D eigenvalue weighted by molar-refractivity contribution is 14.1. The average Bonchev–Trinajstić information content (AvgIpc) is 2.46. The molecule has 0 spiro atoms. The molecule has 6 heteroatoms. The fourth-order valence-electron chi connectivity index (χ4n) is 1.72. The summed E-state index contributed by atoms with van der Waals surface area (Å²) >= 11 is 2.13. The molecule has 0 bridgehead atoms. The summed E-state index contributed by atoms with van der Waals surface area (Å²) in [5.74, 6) is -1.46. The molecule has 1 rings (SSSR count). The number of ether oxygens (including phenoxy) is 1. The normalized spacial score (nSPS) is 11.6. The van der Waals surface area contributed by atoms with Crippen molar-refractivity contribution in [1.29, 1.82) is 0 Å². The smallest absolute Gasteiger partial charge is 0.336 e. The summed E-state index contributed by atoms with van der Waals surface area (Å²) in [6.45, 7) is 1.64. The molecule has 0 N–H and O–H groups in total. The minimum absolute atomic E-state index is 0.157. The van der Waals surface area contributed by atoms with E-state index < -0.39 is 17.9 Å². The fourth-order valence-corrected chi connectivity index (χ4v) is 2.08. The summed E-state index contributed by atoms with van der Waals surface area (Å²) in [5, 5.41) is 0. The van der Waals surface area contributed by atoms with Crippen LogP contribution in [0, 0.1) is 3.57 Å². The van der Waals surface area contributed by atoms with E-state index in [-0.39, 0.29) is 12.2 Å². The van der Waals surface area contributed by atoms with Crippen molar-refractivity contribution in [3.05, 3.63) is 33.4 Å². The maximum absolute atomic E-state index is 12.3. The highest BCUT2D eigenvalue weighted by Crippen LogP contribution is 2.12. The lowest BCUT2D eigenvalue weighted by atomic mass is 10.1. The number of Topliss-reactive ketones (excluding diaryl/α,β-unsaturated/α-hetero) is 1. The number of methoxy groups -OCH3 is 1. The molecule has 1 atom stereocenters. The topological polar surface area (TPSA) is 63.7 Å². The zero-order valence-corrected chi connectivity index (χ0v) is 13.7. The van der Waals surface area contributed by atoms with Gasteiger partial charge in [-0.3, -0.25) is 9.59 Å². The average molecular weight is 389 g/mol. The maximum atomic E-state index is 12.3. The molecule has 0 aliphatic rings. The van der Waals surface area contributed by atoms with E-state index in [1.807, 2.05) is 0 Å². The number of rotatable bonds is 5. The molecular formula is C14H16INO4. The molecule has 5 nitrogen and oxygen atoms in total. The Labute approximate surface area is 131 Å². The number of carbonyl (C=O) groups excluding carboxylic acids is 3. The minimum atomic E-state index is -1.20. The van der Waals surface area contributed by atoms with E-state index >= 15 is 0 Å². The Kier molecular flexibility index (Phi) is 6.12. The van der Waals surface area contributed by atoms with Gasteiger partial charge in [-0.25, -0.2) is 4.79 Å². The summed E-state index contributed by atoms with van der Waals surface area (Å²) in [6, 6.07) is 5.70. The van der Waals surface area contributed by atoms with Crippen LogP contribution in [0.15, 0.2) is 24.3 Å². The molecule has 20 heavy (non-hydrogen) atoms. The zero-order valence-electron chi connectivity index (χ0n) is 11.6. The second-order valence-corrected chi connectivity index (χ2v) is 5.41. The molecule has 0 fully saturated rings. The maximum Gasteiger partial charge on any atom is 0.336 e. The molecule has 0 radical (unpaired) electrons. The first kappa shape index (κ1) is 16.6. The van der Waals surface area contributed by atoms with Crippen LogP contribution in [-0.2, 0) is 14.3 Å². The number of hydrogen-bond donors (Lipinski definition) is 0. The third-order valence-corrected chi connectivity index (χ3v) is 3.60. The van der Waals surface area contributed by atoms with Crippen molar-refractivity contribution < 1.29 is 19.1 Å². The van der Waals surface area contributed by atoms with E-state index in [0.29, 0.717) is 5.56 Å². The van der Waals surface area contributed by atoms with Gasteiger partial charge in [-0.2, -0.15) is 0 Å². The Morgan fingerprint density at radius 3 is 2.25 bits per heavy atom. The van der Waals surface area contributed by atoms with Crippen LogP contribution < -0.4 is 0 Å². The molecule has 0 aromatic heterocycles. The largest absolute Gasteiger partial charge is 0.467 e. The number of amides is 1. The predicted molar refractivity (Wildman–Crippen MR) is 82.4 cm³/mol.